The van der Waals surface area contributed by atoms with E-state index < -0.39 is 5.97 Å². The lowest BCUT2D eigenvalue weighted by Gasteiger charge is -2.11. The second kappa shape index (κ2) is 1.87. The van der Waals surface area contributed by atoms with Gasteiger partial charge in [-0.15, -0.1) is 0 Å². The smallest absolute Gasteiger partial charge is 0.307 e. The van der Waals surface area contributed by atoms with Gasteiger partial charge in [0.1, 0.15) is 0 Å². The monoisotopic (exact) mass is 152 g/mol. The predicted octanol–water partition coefficient (Wildman–Crippen LogP) is 1.82. The van der Waals surface area contributed by atoms with Crippen molar-refractivity contribution in [2.75, 3.05) is 0 Å². The zero-order chi connectivity index (χ0) is 8.06. The summed E-state index contributed by atoms with van der Waals surface area (Å²) in [7, 11) is 0. The number of carboxylic acids is 1. The lowest BCUT2D eigenvalue weighted by molar-refractivity contribution is -0.143. The number of hydrogen-bond acceptors (Lipinski definition) is 1. The maximum atomic E-state index is 10.8. The maximum Gasteiger partial charge on any atom is 0.307 e. The lowest BCUT2D eigenvalue weighted by atomic mass is 9.92. The van der Waals surface area contributed by atoms with Gasteiger partial charge in [-0.25, -0.2) is 0 Å². The Hall–Kier alpha value is -0.790. The van der Waals surface area contributed by atoms with E-state index in [0.29, 0.717) is 0 Å². The van der Waals surface area contributed by atoms with Gasteiger partial charge in [-0.2, -0.15) is 0 Å². The van der Waals surface area contributed by atoms with E-state index in [-0.39, 0.29) is 11.3 Å². The molecule has 11 heavy (non-hydrogen) atoms. The molecule has 0 aromatic heterocycles. The zero-order valence-corrected chi connectivity index (χ0v) is 6.47. The highest BCUT2D eigenvalue weighted by atomic mass is 16.4. The van der Waals surface area contributed by atoms with Crippen molar-refractivity contribution in [3.8, 4) is 0 Å². The fourth-order valence-corrected chi connectivity index (χ4v) is 2.40. The predicted molar refractivity (Wildman–Crippen MR) is 41.2 cm³/mol. The molecule has 1 spiro atoms. The minimum absolute atomic E-state index is 0.0475. The highest BCUT2D eigenvalue weighted by Gasteiger charge is 2.58. The average Bonchev–Trinajstić information content (AvgIpc) is 2.45. The lowest BCUT2D eigenvalue weighted by Crippen LogP contribution is -2.19. The molecular formula is C9H12O2. The minimum atomic E-state index is -0.624. The Balaban J connectivity index is 2.22. The molecule has 2 saturated carbocycles. The third-order valence-electron chi connectivity index (χ3n) is 3.19. The quantitative estimate of drug-likeness (QED) is 0.582. The average molecular weight is 152 g/mol. The summed E-state index contributed by atoms with van der Waals surface area (Å²) in [5, 5.41) is 8.87. The first-order valence-electron chi connectivity index (χ1n) is 4.08. The number of carbonyl (C=O) groups is 1. The van der Waals surface area contributed by atoms with E-state index in [1.54, 1.807) is 0 Å². The molecule has 0 aromatic carbocycles. The maximum absolute atomic E-state index is 10.8. The number of allylic oxidation sites excluding steroid dienone is 1. The van der Waals surface area contributed by atoms with Gasteiger partial charge in [-0.3, -0.25) is 4.79 Å². The molecule has 0 radical (unpaired) electrons. The van der Waals surface area contributed by atoms with Crippen molar-refractivity contribution in [3.63, 3.8) is 0 Å². The van der Waals surface area contributed by atoms with E-state index >= 15 is 0 Å². The van der Waals surface area contributed by atoms with Gasteiger partial charge in [-0.1, -0.05) is 18.6 Å². The van der Waals surface area contributed by atoms with Gasteiger partial charge in [0.25, 0.3) is 0 Å². The third-order valence-corrected chi connectivity index (χ3v) is 3.19. The fraction of sp³-hybridized carbons (Fsp3) is 0.667. The molecule has 2 atom stereocenters. The van der Waals surface area contributed by atoms with E-state index in [1.165, 1.54) is 5.57 Å². The number of rotatable bonds is 1. The van der Waals surface area contributed by atoms with Crippen LogP contribution in [0.5, 0.6) is 0 Å². The SMILES string of the molecule is C=C1CC12CCC[C@H]2C(=O)O. The van der Waals surface area contributed by atoms with Crippen LogP contribution in [0.25, 0.3) is 0 Å². The summed E-state index contributed by atoms with van der Waals surface area (Å²) in [6, 6.07) is 0. The first-order valence-corrected chi connectivity index (χ1v) is 4.08. The van der Waals surface area contributed by atoms with Crippen LogP contribution in [0.2, 0.25) is 0 Å². The molecule has 2 aliphatic carbocycles. The van der Waals surface area contributed by atoms with Gasteiger partial charge >= 0.3 is 5.97 Å². The molecule has 1 unspecified atom stereocenters. The Bertz CT molecular complexity index is 232. The van der Waals surface area contributed by atoms with Crippen molar-refractivity contribution in [3.05, 3.63) is 12.2 Å². The number of aliphatic carboxylic acids is 1. The topological polar surface area (TPSA) is 37.3 Å². The minimum Gasteiger partial charge on any atom is -0.481 e. The van der Waals surface area contributed by atoms with Crippen LogP contribution in [0, 0.1) is 11.3 Å². The molecule has 2 rings (SSSR count). The van der Waals surface area contributed by atoms with Crippen LogP contribution in [0.1, 0.15) is 25.7 Å². The summed E-state index contributed by atoms with van der Waals surface area (Å²) in [5.41, 5.74) is 1.22. The molecule has 0 saturated heterocycles. The largest absolute Gasteiger partial charge is 0.481 e. The number of hydrogen-bond donors (Lipinski definition) is 1. The molecule has 2 nitrogen and oxygen atoms in total. The Labute approximate surface area is 65.9 Å². The molecule has 0 amide bonds. The van der Waals surface area contributed by atoms with Crippen molar-refractivity contribution < 1.29 is 9.90 Å². The van der Waals surface area contributed by atoms with E-state index in [1.807, 2.05) is 0 Å². The first-order chi connectivity index (χ1) is 5.17. The van der Waals surface area contributed by atoms with Crippen LogP contribution in [-0.2, 0) is 4.79 Å². The van der Waals surface area contributed by atoms with Gasteiger partial charge in [0, 0.05) is 5.41 Å². The summed E-state index contributed by atoms with van der Waals surface area (Å²) in [4.78, 5) is 10.8. The second-order valence-electron chi connectivity index (χ2n) is 3.72. The van der Waals surface area contributed by atoms with Crippen molar-refractivity contribution >= 4 is 5.97 Å². The fourth-order valence-electron chi connectivity index (χ4n) is 2.40. The van der Waals surface area contributed by atoms with Crippen LogP contribution in [0.4, 0.5) is 0 Å². The molecule has 0 aliphatic heterocycles. The molecule has 0 aromatic rings. The number of carboxylic acid groups (broad SMARTS) is 1. The summed E-state index contributed by atoms with van der Waals surface area (Å²) in [5.74, 6) is -0.740. The molecule has 0 heterocycles. The molecule has 2 heteroatoms. The Morgan fingerprint density at radius 3 is 2.73 bits per heavy atom. The highest BCUT2D eigenvalue weighted by molar-refractivity contribution is 5.74. The van der Waals surface area contributed by atoms with Crippen LogP contribution in [0.3, 0.4) is 0 Å². The van der Waals surface area contributed by atoms with Gasteiger partial charge < -0.3 is 5.11 Å². The summed E-state index contributed by atoms with van der Waals surface area (Å²) >= 11 is 0. The Morgan fingerprint density at radius 1 is 1.73 bits per heavy atom. The molecule has 0 bridgehead atoms. The zero-order valence-electron chi connectivity index (χ0n) is 6.47. The van der Waals surface area contributed by atoms with E-state index in [0.717, 1.165) is 25.7 Å². The van der Waals surface area contributed by atoms with Crippen LogP contribution in [-0.4, -0.2) is 11.1 Å². The molecule has 2 fully saturated rings. The molecule has 1 N–H and O–H groups in total. The van der Waals surface area contributed by atoms with Crippen molar-refractivity contribution in [2.24, 2.45) is 11.3 Å². The second-order valence-corrected chi connectivity index (χ2v) is 3.72. The molecule has 2 aliphatic rings. The van der Waals surface area contributed by atoms with Gasteiger partial charge in [0.05, 0.1) is 5.92 Å². The third kappa shape index (κ3) is 0.753. The van der Waals surface area contributed by atoms with Gasteiger partial charge in [0.2, 0.25) is 0 Å². The summed E-state index contributed by atoms with van der Waals surface area (Å²) in [6.07, 6.45) is 3.94. The highest BCUT2D eigenvalue weighted by Crippen LogP contribution is 2.64. The van der Waals surface area contributed by atoms with Crippen LogP contribution < -0.4 is 0 Å². The molecule has 60 valence electrons. The Kier molecular flexibility index (Phi) is 1.17. The van der Waals surface area contributed by atoms with Crippen molar-refractivity contribution in [1.82, 2.24) is 0 Å². The first kappa shape index (κ1) is 6.89. The summed E-state index contributed by atoms with van der Waals surface area (Å²) in [6.45, 7) is 3.87. The summed E-state index contributed by atoms with van der Waals surface area (Å²) < 4.78 is 0. The van der Waals surface area contributed by atoms with E-state index in [2.05, 4.69) is 6.58 Å². The Morgan fingerprint density at radius 2 is 2.36 bits per heavy atom. The standard InChI is InChI=1S/C9H12O2/c1-6-5-9(6)4-2-3-7(9)8(10)11/h7H,1-5H2,(H,10,11)/t7-,9?/m0/s1. The molecular weight excluding hydrogens is 140 g/mol. The van der Waals surface area contributed by atoms with Crippen molar-refractivity contribution in [1.29, 1.82) is 0 Å². The van der Waals surface area contributed by atoms with Gasteiger partial charge in [-0.05, 0) is 19.3 Å². The van der Waals surface area contributed by atoms with Crippen LogP contribution in [0.15, 0.2) is 12.2 Å². The van der Waals surface area contributed by atoms with Crippen LogP contribution >= 0.6 is 0 Å². The van der Waals surface area contributed by atoms with Gasteiger partial charge in [0.15, 0.2) is 0 Å². The van der Waals surface area contributed by atoms with E-state index in [4.69, 9.17) is 5.11 Å². The normalized spacial score (nSPS) is 41.5. The van der Waals surface area contributed by atoms with E-state index in [9.17, 15) is 4.79 Å². The van der Waals surface area contributed by atoms with Crippen molar-refractivity contribution in [2.45, 2.75) is 25.7 Å².